The number of benzene rings is 1. The van der Waals surface area contributed by atoms with Gasteiger partial charge in [-0.1, -0.05) is 20.8 Å². The zero-order valence-corrected chi connectivity index (χ0v) is 22.3. The minimum Gasteiger partial charge on any atom is -0.433 e. The Kier molecular flexibility index (Phi) is 9.08. The van der Waals surface area contributed by atoms with Crippen LogP contribution in [0, 0.1) is 11.2 Å². The fraction of sp³-hybridized carbons (Fsp3) is 0.577. The van der Waals surface area contributed by atoms with Gasteiger partial charge in [0.1, 0.15) is 23.9 Å². The van der Waals surface area contributed by atoms with Gasteiger partial charge in [0.2, 0.25) is 24.0 Å². The average Bonchev–Trinajstić information content (AvgIpc) is 3.43. The van der Waals surface area contributed by atoms with Crippen LogP contribution in [0.5, 0.6) is 0 Å². The Balaban J connectivity index is 1.75. The van der Waals surface area contributed by atoms with Gasteiger partial charge in [0.05, 0.1) is 12.0 Å². The van der Waals surface area contributed by atoms with Crippen molar-refractivity contribution in [3.8, 4) is 0 Å². The van der Waals surface area contributed by atoms with Gasteiger partial charge < -0.3 is 30.3 Å². The van der Waals surface area contributed by atoms with Crippen molar-refractivity contribution < 1.29 is 37.8 Å². The van der Waals surface area contributed by atoms with Gasteiger partial charge in [0.15, 0.2) is 0 Å². The summed E-state index contributed by atoms with van der Waals surface area (Å²) in [5.74, 6) is -3.44. The van der Waals surface area contributed by atoms with E-state index in [0.29, 0.717) is 26.0 Å². The van der Waals surface area contributed by atoms with Crippen molar-refractivity contribution in [1.82, 2.24) is 15.5 Å². The first kappa shape index (κ1) is 29.0. The zero-order chi connectivity index (χ0) is 28.2. The highest BCUT2D eigenvalue weighted by atomic mass is 19.1. The van der Waals surface area contributed by atoms with Gasteiger partial charge in [-0.15, -0.1) is 0 Å². The SMILES string of the molecule is CCO[C@@H]1OC(=O)C[C@H]1NC(=O)[C@@H]1CCCN1C(=O)[C@@H](NC(=O)c1ccc(NC(C)=O)cc1F)C(C)(C)C. The first-order chi connectivity index (χ1) is 17.8. The van der Waals surface area contributed by atoms with E-state index in [4.69, 9.17) is 9.47 Å². The molecule has 0 unspecified atom stereocenters. The Labute approximate surface area is 220 Å². The molecule has 3 N–H and O–H groups in total. The highest BCUT2D eigenvalue weighted by Crippen LogP contribution is 2.27. The molecule has 4 amide bonds. The minimum atomic E-state index is -1.06. The number of cyclic esters (lactones) is 1. The third-order valence-electron chi connectivity index (χ3n) is 6.38. The number of rotatable bonds is 8. The molecule has 38 heavy (non-hydrogen) atoms. The van der Waals surface area contributed by atoms with Gasteiger partial charge in [-0.05, 0) is 43.4 Å². The molecule has 0 aromatic heterocycles. The molecule has 3 rings (SSSR count). The van der Waals surface area contributed by atoms with E-state index in [1.807, 2.05) is 0 Å². The Morgan fingerprint density at radius 1 is 1.24 bits per heavy atom. The number of carbonyl (C=O) groups excluding carboxylic acids is 5. The quantitative estimate of drug-likeness (QED) is 0.431. The lowest BCUT2D eigenvalue weighted by Gasteiger charge is -2.35. The number of esters is 1. The molecule has 4 atom stereocenters. The summed E-state index contributed by atoms with van der Waals surface area (Å²) in [4.78, 5) is 64.2. The first-order valence-electron chi connectivity index (χ1n) is 12.6. The highest BCUT2D eigenvalue weighted by Gasteiger charge is 2.44. The van der Waals surface area contributed by atoms with Crippen LogP contribution in [0.25, 0.3) is 0 Å². The Hall–Kier alpha value is -3.54. The molecule has 1 aromatic rings. The van der Waals surface area contributed by atoms with E-state index >= 15 is 0 Å². The maximum atomic E-state index is 14.7. The summed E-state index contributed by atoms with van der Waals surface area (Å²) in [6.45, 7) is 8.88. The molecule has 2 aliphatic rings. The molecule has 12 heteroatoms. The lowest BCUT2D eigenvalue weighted by Crippen LogP contribution is -2.58. The fourth-order valence-electron chi connectivity index (χ4n) is 4.55. The molecule has 0 aliphatic carbocycles. The van der Waals surface area contributed by atoms with Gasteiger partial charge in [-0.2, -0.15) is 0 Å². The van der Waals surface area contributed by atoms with Crippen LogP contribution in [0.4, 0.5) is 10.1 Å². The molecule has 2 fully saturated rings. The first-order valence-corrected chi connectivity index (χ1v) is 12.6. The van der Waals surface area contributed by atoms with Gasteiger partial charge in [0.25, 0.3) is 5.91 Å². The third kappa shape index (κ3) is 6.85. The van der Waals surface area contributed by atoms with Gasteiger partial charge in [-0.25, -0.2) is 4.39 Å². The van der Waals surface area contributed by atoms with Crippen molar-refractivity contribution in [1.29, 1.82) is 0 Å². The molecule has 0 radical (unpaired) electrons. The molecule has 208 valence electrons. The maximum absolute atomic E-state index is 14.7. The topological polar surface area (TPSA) is 143 Å². The lowest BCUT2D eigenvalue weighted by atomic mass is 9.85. The molecule has 11 nitrogen and oxygen atoms in total. The normalized spacial score (nSPS) is 22.0. The van der Waals surface area contributed by atoms with Crippen molar-refractivity contribution in [2.75, 3.05) is 18.5 Å². The summed E-state index contributed by atoms with van der Waals surface area (Å²) in [5, 5.41) is 7.85. The second-order valence-electron chi connectivity index (χ2n) is 10.5. The van der Waals surface area contributed by atoms with Gasteiger partial charge in [-0.3, -0.25) is 24.0 Å². The maximum Gasteiger partial charge on any atom is 0.310 e. The molecule has 2 saturated heterocycles. The largest absolute Gasteiger partial charge is 0.433 e. The molecule has 0 bridgehead atoms. The Morgan fingerprint density at radius 3 is 2.55 bits per heavy atom. The Morgan fingerprint density at radius 2 is 1.95 bits per heavy atom. The number of amides is 4. The summed E-state index contributed by atoms with van der Waals surface area (Å²) in [5.41, 5.74) is -0.860. The van der Waals surface area contributed by atoms with Crippen LogP contribution in [0.2, 0.25) is 0 Å². The van der Waals surface area contributed by atoms with E-state index in [9.17, 15) is 28.4 Å². The molecule has 0 spiro atoms. The smallest absolute Gasteiger partial charge is 0.310 e. The summed E-state index contributed by atoms with van der Waals surface area (Å²) in [6.07, 6.45) is 0.0468. The molecular weight excluding hydrogens is 499 g/mol. The van der Waals surface area contributed by atoms with Gasteiger partial charge in [0, 0.05) is 25.8 Å². The number of halogens is 1. The average molecular weight is 535 g/mol. The standard InChI is InChI=1S/C26H35FN4O7/c1-6-37-25-18(13-20(33)38-25)29-23(35)19-8-7-11-31(19)24(36)21(26(3,4)5)30-22(34)16-10-9-15(12-17(16)27)28-14(2)32/h9-10,12,18-19,21,25H,6-8,11,13H2,1-5H3,(H,28,32)(H,29,35)(H,30,34)/t18-,19+,21-,25-/m1/s1. The van der Waals surface area contributed by atoms with E-state index in [0.717, 1.165) is 6.07 Å². The summed E-state index contributed by atoms with van der Waals surface area (Å²) in [7, 11) is 0. The van der Waals surface area contributed by atoms with E-state index < -0.39 is 59.3 Å². The number of nitrogens with zero attached hydrogens (tertiary/aromatic N) is 1. The number of carbonyl (C=O) groups is 5. The molecule has 2 aliphatic heterocycles. The van der Waals surface area contributed by atoms with Crippen LogP contribution in [-0.4, -0.2) is 72.1 Å². The number of hydrogen-bond donors (Lipinski definition) is 3. The van der Waals surface area contributed by atoms with Crippen molar-refractivity contribution in [2.24, 2.45) is 5.41 Å². The Bertz CT molecular complexity index is 1100. The number of hydrogen-bond acceptors (Lipinski definition) is 7. The van der Waals surface area contributed by atoms with Gasteiger partial charge >= 0.3 is 5.97 Å². The lowest BCUT2D eigenvalue weighted by molar-refractivity contribution is -0.164. The van der Waals surface area contributed by atoms with Crippen molar-refractivity contribution in [3.05, 3.63) is 29.6 Å². The second-order valence-corrected chi connectivity index (χ2v) is 10.5. The van der Waals surface area contributed by atoms with Crippen LogP contribution in [0.15, 0.2) is 18.2 Å². The summed E-state index contributed by atoms with van der Waals surface area (Å²) >= 11 is 0. The van der Waals surface area contributed by atoms with Crippen LogP contribution in [0.1, 0.15) is 64.2 Å². The minimum absolute atomic E-state index is 0.0377. The number of ether oxygens (including phenoxy) is 2. The van der Waals surface area contributed by atoms with Crippen molar-refractivity contribution in [3.63, 3.8) is 0 Å². The van der Waals surface area contributed by atoms with Crippen LogP contribution in [-0.2, 0) is 28.7 Å². The number of anilines is 1. The highest BCUT2D eigenvalue weighted by molar-refractivity contribution is 5.99. The third-order valence-corrected chi connectivity index (χ3v) is 6.38. The van der Waals surface area contributed by atoms with Crippen LogP contribution < -0.4 is 16.0 Å². The summed E-state index contributed by atoms with van der Waals surface area (Å²) in [6, 6.07) is 1.10. The van der Waals surface area contributed by atoms with Crippen molar-refractivity contribution >= 4 is 35.3 Å². The second kappa shape index (κ2) is 11.9. The summed E-state index contributed by atoms with van der Waals surface area (Å²) < 4.78 is 25.2. The van der Waals surface area contributed by atoms with E-state index in [2.05, 4.69) is 16.0 Å². The van der Waals surface area contributed by atoms with Crippen LogP contribution >= 0.6 is 0 Å². The van der Waals surface area contributed by atoms with E-state index in [1.54, 1.807) is 27.7 Å². The van der Waals surface area contributed by atoms with Crippen LogP contribution in [0.3, 0.4) is 0 Å². The number of likely N-dealkylation sites (tertiary alicyclic amines) is 1. The zero-order valence-electron chi connectivity index (χ0n) is 22.3. The molecule has 1 aromatic carbocycles. The molecule has 2 heterocycles. The van der Waals surface area contributed by atoms with Crippen molar-refractivity contribution in [2.45, 2.75) is 78.3 Å². The predicted octanol–water partition coefficient (Wildman–Crippen LogP) is 1.71. The molecular formula is C26H35FN4O7. The number of nitrogens with one attached hydrogen (secondary N) is 3. The van der Waals surface area contributed by atoms with E-state index in [1.165, 1.54) is 24.0 Å². The fourth-order valence-corrected chi connectivity index (χ4v) is 4.55. The molecule has 0 saturated carbocycles. The predicted molar refractivity (Wildman–Crippen MR) is 134 cm³/mol. The van der Waals surface area contributed by atoms with E-state index in [-0.39, 0.29) is 23.6 Å². The monoisotopic (exact) mass is 534 g/mol.